The Labute approximate surface area is 180 Å². The van der Waals surface area contributed by atoms with Gasteiger partial charge in [0.05, 0.1) is 43.1 Å². The van der Waals surface area contributed by atoms with Gasteiger partial charge in [0.2, 0.25) is 5.95 Å². The molecule has 2 N–H and O–H groups in total. The fourth-order valence-corrected chi connectivity index (χ4v) is 3.76. The quantitative estimate of drug-likeness (QED) is 0.709. The minimum atomic E-state index is -4.60. The molecule has 3 heterocycles. The average molecular weight is 458 g/mol. The zero-order chi connectivity index (χ0) is 22.4. The van der Waals surface area contributed by atoms with Crippen LogP contribution in [0.2, 0.25) is 5.02 Å². The summed E-state index contributed by atoms with van der Waals surface area (Å²) in [5, 5.41) is 5.33. The normalized spacial score (nSPS) is 17.0. The van der Waals surface area contributed by atoms with Gasteiger partial charge in [0, 0.05) is 25.7 Å². The number of amides is 1. The Bertz CT molecular complexity index is 1020. The molecule has 0 radical (unpaired) electrons. The van der Waals surface area contributed by atoms with Crippen LogP contribution < -0.4 is 15.4 Å². The number of nitrogens with one attached hydrogen (secondary N) is 2. The van der Waals surface area contributed by atoms with E-state index in [0.29, 0.717) is 25.9 Å². The molecule has 8 nitrogen and oxygen atoms in total. The van der Waals surface area contributed by atoms with Crippen molar-refractivity contribution in [1.82, 2.24) is 14.9 Å². The topological polar surface area (TPSA) is 88.6 Å². The summed E-state index contributed by atoms with van der Waals surface area (Å²) in [4.78, 5) is 22.1. The molecule has 12 heteroatoms. The maximum Gasteiger partial charge on any atom is 0.421 e. The lowest BCUT2D eigenvalue weighted by atomic mass is 9.86. The first-order valence-corrected chi connectivity index (χ1v) is 9.73. The summed E-state index contributed by atoms with van der Waals surface area (Å²) in [6.45, 7) is 1.73. The molecule has 2 fully saturated rings. The first-order valence-electron chi connectivity index (χ1n) is 9.35. The highest BCUT2D eigenvalue weighted by molar-refractivity contribution is 6.33. The van der Waals surface area contributed by atoms with E-state index in [-0.39, 0.29) is 45.3 Å². The second kappa shape index (κ2) is 7.72. The van der Waals surface area contributed by atoms with Crippen molar-refractivity contribution >= 4 is 35.0 Å². The van der Waals surface area contributed by atoms with Crippen molar-refractivity contribution in [2.24, 2.45) is 0 Å². The van der Waals surface area contributed by atoms with Gasteiger partial charge in [-0.05, 0) is 6.07 Å². The van der Waals surface area contributed by atoms with E-state index in [0.717, 1.165) is 6.42 Å². The summed E-state index contributed by atoms with van der Waals surface area (Å²) in [7, 11) is 2.73. The van der Waals surface area contributed by atoms with Gasteiger partial charge in [-0.2, -0.15) is 18.2 Å². The fourth-order valence-electron chi connectivity index (χ4n) is 3.55. The molecule has 0 aliphatic carbocycles. The summed E-state index contributed by atoms with van der Waals surface area (Å²) in [5.41, 5.74) is -0.650. The Kier molecular flexibility index (Phi) is 5.34. The molecule has 1 aromatic carbocycles. The van der Waals surface area contributed by atoms with Gasteiger partial charge in [-0.25, -0.2) is 4.98 Å². The van der Waals surface area contributed by atoms with Gasteiger partial charge in [-0.1, -0.05) is 11.6 Å². The maximum atomic E-state index is 13.0. The molecule has 2 aliphatic rings. The van der Waals surface area contributed by atoms with Crippen LogP contribution in [0.5, 0.6) is 5.75 Å². The molecule has 4 rings (SSSR count). The third kappa shape index (κ3) is 3.94. The van der Waals surface area contributed by atoms with Crippen molar-refractivity contribution in [2.75, 3.05) is 44.5 Å². The van der Waals surface area contributed by atoms with Gasteiger partial charge in [0.1, 0.15) is 22.7 Å². The predicted octanol–water partition coefficient (Wildman–Crippen LogP) is 3.56. The number of nitrogens with zero attached hydrogens (tertiary/aromatic N) is 3. The van der Waals surface area contributed by atoms with Gasteiger partial charge in [0.25, 0.3) is 5.91 Å². The van der Waals surface area contributed by atoms with Gasteiger partial charge in [0.15, 0.2) is 0 Å². The van der Waals surface area contributed by atoms with E-state index in [2.05, 4.69) is 20.6 Å². The van der Waals surface area contributed by atoms with Crippen molar-refractivity contribution in [3.8, 4) is 5.75 Å². The number of hydrogen-bond donors (Lipinski definition) is 2. The molecule has 31 heavy (non-hydrogen) atoms. The minimum absolute atomic E-state index is 0.104. The number of halogens is 4. The molecule has 1 aromatic heterocycles. The molecule has 2 saturated heterocycles. The summed E-state index contributed by atoms with van der Waals surface area (Å²) in [6.07, 6.45) is -2.99. The van der Waals surface area contributed by atoms with Crippen molar-refractivity contribution in [3.63, 3.8) is 0 Å². The highest BCUT2D eigenvalue weighted by Crippen LogP contribution is 2.39. The molecule has 1 amide bonds. The molecular weight excluding hydrogens is 439 g/mol. The highest BCUT2D eigenvalue weighted by Gasteiger charge is 2.51. The number of carbonyl (C=O) groups is 1. The minimum Gasteiger partial charge on any atom is -0.496 e. The lowest BCUT2D eigenvalue weighted by molar-refractivity contribution is -0.209. The van der Waals surface area contributed by atoms with E-state index in [9.17, 15) is 18.0 Å². The first-order chi connectivity index (χ1) is 14.7. The SMILES string of the molecule is CNc1nc(Nc2cc(OC)c(C(=O)N3CC4(CCO4)C3)cc2Cl)ncc1C(F)(F)F. The largest absolute Gasteiger partial charge is 0.496 e. The summed E-state index contributed by atoms with van der Waals surface area (Å²) < 4.78 is 50.0. The number of hydrogen-bond acceptors (Lipinski definition) is 7. The Morgan fingerprint density at radius 1 is 1.35 bits per heavy atom. The van der Waals surface area contributed by atoms with Gasteiger partial charge in [-0.3, -0.25) is 4.79 Å². The molecule has 2 aromatic rings. The van der Waals surface area contributed by atoms with Gasteiger partial charge in [-0.15, -0.1) is 0 Å². The van der Waals surface area contributed by atoms with E-state index in [1.165, 1.54) is 26.3 Å². The number of alkyl halides is 3. The standard InChI is InChI=1S/C19H19ClF3N5O3/c1-24-15-11(19(21,22)23)7-25-17(27-15)26-13-6-14(30-2)10(5-12(13)20)16(29)28-8-18(9-28)3-4-31-18/h5-7H,3-4,8-9H2,1-2H3,(H2,24,25,26,27). The Hall–Kier alpha value is -2.79. The molecule has 0 unspecified atom stereocenters. The molecule has 0 bridgehead atoms. The molecule has 0 atom stereocenters. The van der Waals surface area contributed by atoms with Crippen LogP contribution in [0.1, 0.15) is 22.3 Å². The molecule has 2 aliphatic heterocycles. The number of aromatic nitrogens is 2. The third-order valence-corrected chi connectivity index (χ3v) is 5.62. The smallest absolute Gasteiger partial charge is 0.421 e. The number of benzene rings is 1. The number of carbonyl (C=O) groups excluding carboxylic acids is 1. The van der Waals surface area contributed by atoms with Gasteiger partial charge >= 0.3 is 6.18 Å². The van der Waals surface area contributed by atoms with E-state index >= 15 is 0 Å². The number of methoxy groups -OCH3 is 1. The molecule has 166 valence electrons. The van der Waals surface area contributed by atoms with Crippen molar-refractivity contribution in [1.29, 1.82) is 0 Å². The zero-order valence-corrected chi connectivity index (χ0v) is 17.4. The number of rotatable bonds is 5. The van der Waals surface area contributed by atoms with Crippen LogP contribution in [-0.2, 0) is 10.9 Å². The van der Waals surface area contributed by atoms with Crippen LogP contribution in [-0.4, -0.2) is 60.2 Å². The summed E-state index contributed by atoms with van der Waals surface area (Å²) in [5.74, 6) is -0.472. The van der Waals surface area contributed by atoms with E-state index < -0.39 is 11.7 Å². The van der Waals surface area contributed by atoms with Crippen LogP contribution in [0.4, 0.5) is 30.6 Å². The summed E-state index contributed by atoms with van der Waals surface area (Å²) in [6, 6.07) is 2.92. The highest BCUT2D eigenvalue weighted by atomic mass is 35.5. The molecular formula is C19H19ClF3N5O3. The fraction of sp³-hybridized carbons (Fsp3) is 0.421. The maximum absolute atomic E-state index is 13.0. The number of ether oxygens (including phenoxy) is 2. The van der Waals surface area contributed by atoms with E-state index in [4.69, 9.17) is 21.1 Å². The van der Waals surface area contributed by atoms with Crippen LogP contribution in [0.15, 0.2) is 18.3 Å². The Morgan fingerprint density at radius 2 is 2.06 bits per heavy atom. The number of likely N-dealkylation sites (tertiary alicyclic amines) is 1. The molecule has 1 spiro atoms. The second-order valence-corrected chi connectivity index (χ2v) is 7.71. The number of anilines is 3. The average Bonchev–Trinajstić information content (AvgIpc) is 2.65. The third-order valence-electron chi connectivity index (χ3n) is 5.31. The van der Waals surface area contributed by atoms with Crippen molar-refractivity contribution in [2.45, 2.75) is 18.2 Å². The lowest BCUT2D eigenvalue weighted by Crippen LogP contribution is -2.69. The van der Waals surface area contributed by atoms with E-state index in [1.54, 1.807) is 4.90 Å². The molecule has 0 saturated carbocycles. The Morgan fingerprint density at radius 3 is 2.61 bits per heavy atom. The first kappa shape index (κ1) is 21.4. The van der Waals surface area contributed by atoms with Crippen LogP contribution in [0.25, 0.3) is 0 Å². The van der Waals surface area contributed by atoms with Crippen molar-refractivity contribution < 1.29 is 27.4 Å². The summed E-state index contributed by atoms with van der Waals surface area (Å²) >= 11 is 6.33. The second-order valence-electron chi connectivity index (χ2n) is 7.30. The Balaban J connectivity index is 1.56. The van der Waals surface area contributed by atoms with Crippen LogP contribution >= 0.6 is 11.6 Å². The van der Waals surface area contributed by atoms with Crippen LogP contribution in [0, 0.1) is 0 Å². The zero-order valence-electron chi connectivity index (χ0n) is 16.6. The van der Waals surface area contributed by atoms with Crippen molar-refractivity contribution in [3.05, 3.63) is 34.5 Å². The van der Waals surface area contributed by atoms with Gasteiger partial charge < -0.3 is 25.0 Å². The predicted molar refractivity (Wildman–Crippen MR) is 107 cm³/mol. The monoisotopic (exact) mass is 457 g/mol. The lowest BCUT2D eigenvalue weighted by Gasteiger charge is -2.55. The van der Waals surface area contributed by atoms with E-state index in [1.807, 2.05) is 0 Å². The van der Waals surface area contributed by atoms with Crippen LogP contribution in [0.3, 0.4) is 0 Å².